The van der Waals surface area contributed by atoms with Crippen LogP contribution in [0.2, 0.25) is 0 Å². The van der Waals surface area contributed by atoms with E-state index in [1.54, 1.807) is 6.92 Å². The first-order chi connectivity index (χ1) is 12.8. The van der Waals surface area contributed by atoms with Crippen LogP contribution in [-0.2, 0) is 19.1 Å². The van der Waals surface area contributed by atoms with Crippen LogP contribution in [0.1, 0.15) is 85.5 Å². The first-order valence-electron chi connectivity index (χ1n) is 10.5. The number of aliphatic carboxylic acids is 1. The molecule has 6 nitrogen and oxygen atoms in total. The molecule has 1 saturated heterocycles. The highest BCUT2D eigenvalue weighted by Gasteiger charge is 2.40. The van der Waals surface area contributed by atoms with Gasteiger partial charge < -0.3 is 14.7 Å². The lowest BCUT2D eigenvalue weighted by molar-refractivity contribution is -0.160. The number of rotatable bonds is 12. The zero-order valence-corrected chi connectivity index (χ0v) is 17.4. The van der Waals surface area contributed by atoms with Gasteiger partial charge in [0.05, 0.1) is 5.92 Å². The van der Waals surface area contributed by atoms with Gasteiger partial charge in [0.15, 0.2) is 0 Å². The number of carbonyl (C=O) groups is 3. The van der Waals surface area contributed by atoms with Gasteiger partial charge in [0.2, 0.25) is 5.91 Å². The normalized spacial score (nSPS) is 20.1. The van der Waals surface area contributed by atoms with Crippen molar-refractivity contribution in [1.82, 2.24) is 4.90 Å². The highest BCUT2D eigenvalue weighted by atomic mass is 16.5. The number of amides is 1. The topological polar surface area (TPSA) is 83.9 Å². The van der Waals surface area contributed by atoms with Crippen LogP contribution in [0.15, 0.2) is 0 Å². The van der Waals surface area contributed by atoms with Crippen molar-refractivity contribution in [2.75, 3.05) is 6.54 Å². The third kappa shape index (κ3) is 7.51. The summed E-state index contributed by atoms with van der Waals surface area (Å²) in [6, 6.07) is -0.758. The molecule has 1 aliphatic heterocycles. The maximum atomic E-state index is 12.9. The number of nitrogens with zero attached hydrogens (tertiary/aromatic N) is 1. The predicted molar refractivity (Wildman–Crippen MR) is 104 cm³/mol. The molecule has 27 heavy (non-hydrogen) atoms. The Hall–Kier alpha value is -1.59. The SMILES string of the molecule is CCCCCCCC[C@@H](C)[C@H](OC(C)=O)[C@H](C)C(=O)N1CCC[C@H]1C(=O)O. The molecule has 0 spiro atoms. The fourth-order valence-corrected chi connectivity index (χ4v) is 4.00. The lowest BCUT2D eigenvalue weighted by Crippen LogP contribution is -2.47. The Bertz CT molecular complexity index is 493. The molecule has 0 bridgehead atoms. The Kier molecular flexibility index (Phi) is 10.4. The summed E-state index contributed by atoms with van der Waals surface area (Å²) in [5, 5.41) is 9.33. The number of esters is 1. The number of carbonyl (C=O) groups excluding carboxylic acids is 2. The molecule has 4 atom stereocenters. The van der Waals surface area contributed by atoms with Crippen molar-refractivity contribution in [3.63, 3.8) is 0 Å². The largest absolute Gasteiger partial charge is 0.480 e. The molecular formula is C21H37NO5. The number of likely N-dealkylation sites (tertiary alicyclic amines) is 1. The molecule has 1 heterocycles. The average Bonchev–Trinajstić information content (AvgIpc) is 3.11. The molecule has 1 N–H and O–H groups in total. The molecule has 1 fully saturated rings. The van der Waals surface area contributed by atoms with Crippen molar-refractivity contribution in [2.45, 2.75) is 97.6 Å². The third-order valence-corrected chi connectivity index (χ3v) is 5.58. The van der Waals surface area contributed by atoms with E-state index < -0.39 is 30.0 Å². The van der Waals surface area contributed by atoms with Gasteiger partial charge in [-0.1, -0.05) is 59.3 Å². The number of hydrogen-bond acceptors (Lipinski definition) is 4. The van der Waals surface area contributed by atoms with Crippen molar-refractivity contribution >= 4 is 17.8 Å². The lowest BCUT2D eigenvalue weighted by atomic mass is 9.88. The maximum absolute atomic E-state index is 12.9. The van der Waals surface area contributed by atoms with E-state index in [1.165, 1.54) is 37.5 Å². The van der Waals surface area contributed by atoms with Crippen LogP contribution in [0.25, 0.3) is 0 Å². The second-order valence-electron chi connectivity index (χ2n) is 7.92. The number of carboxylic acids is 1. The van der Waals surface area contributed by atoms with E-state index in [1.807, 2.05) is 6.92 Å². The van der Waals surface area contributed by atoms with E-state index in [2.05, 4.69) is 6.92 Å². The summed E-state index contributed by atoms with van der Waals surface area (Å²) in [5.74, 6) is -2.06. The van der Waals surface area contributed by atoms with Crippen molar-refractivity contribution in [3.8, 4) is 0 Å². The zero-order chi connectivity index (χ0) is 20.4. The molecule has 0 saturated carbocycles. The van der Waals surface area contributed by atoms with Gasteiger partial charge in [-0.2, -0.15) is 0 Å². The van der Waals surface area contributed by atoms with E-state index in [0.29, 0.717) is 19.4 Å². The summed E-state index contributed by atoms with van der Waals surface area (Å²) in [4.78, 5) is 37.3. The molecule has 0 aromatic rings. The fourth-order valence-electron chi connectivity index (χ4n) is 4.00. The Labute approximate surface area is 163 Å². The first kappa shape index (κ1) is 23.4. The zero-order valence-electron chi connectivity index (χ0n) is 17.4. The van der Waals surface area contributed by atoms with Gasteiger partial charge in [0.25, 0.3) is 0 Å². The second-order valence-corrected chi connectivity index (χ2v) is 7.92. The lowest BCUT2D eigenvalue weighted by Gasteiger charge is -2.32. The summed E-state index contributed by atoms with van der Waals surface area (Å²) in [6.45, 7) is 7.78. The monoisotopic (exact) mass is 383 g/mol. The molecule has 1 aliphatic rings. The second kappa shape index (κ2) is 12.0. The first-order valence-corrected chi connectivity index (χ1v) is 10.5. The van der Waals surface area contributed by atoms with Gasteiger partial charge in [0.1, 0.15) is 12.1 Å². The molecular weight excluding hydrogens is 346 g/mol. The van der Waals surface area contributed by atoms with Crippen LogP contribution in [-0.4, -0.2) is 46.5 Å². The van der Waals surface area contributed by atoms with Gasteiger partial charge in [-0.15, -0.1) is 0 Å². The van der Waals surface area contributed by atoms with E-state index in [0.717, 1.165) is 19.3 Å². The van der Waals surface area contributed by atoms with Crippen molar-refractivity contribution in [2.24, 2.45) is 11.8 Å². The Morgan fingerprint density at radius 2 is 1.74 bits per heavy atom. The van der Waals surface area contributed by atoms with Crippen LogP contribution in [0.5, 0.6) is 0 Å². The molecule has 0 aliphatic carbocycles. The number of carboxylic acid groups (broad SMARTS) is 1. The highest BCUT2D eigenvalue weighted by molar-refractivity contribution is 5.86. The summed E-state index contributed by atoms with van der Waals surface area (Å²) in [5.41, 5.74) is 0. The van der Waals surface area contributed by atoms with Gasteiger partial charge in [-0.3, -0.25) is 9.59 Å². The number of ether oxygens (including phenoxy) is 1. The third-order valence-electron chi connectivity index (χ3n) is 5.58. The van der Waals surface area contributed by atoms with Crippen LogP contribution < -0.4 is 0 Å². The molecule has 1 amide bonds. The van der Waals surface area contributed by atoms with Gasteiger partial charge >= 0.3 is 11.9 Å². The molecule has 156 valence electrons. The van der Waals surface area contributed by atoms with E-state index in [-0.39, 0.29) is 11.8 Å². The quantitative estimate of drug-likeness (QED) is 0.406. The molecule has 0 radical (unpaired) electrons. The van der Waals surface area contributed by atoms with Crippen molar-refractivity contribution in [3.05, 3.63) is 0 Å². The van der Waals surface area contributed by atoms with Crippen molar-refractivity contribution < 1.29 is 24.2 Å². The summed E-state index contributed by atoms with van der Waals surface area (Å²) in [6.07, 6.45) is 8.69. The van der Waals surface area contributed by atoms with E-state index in [9.17, 15) is 19.5 Å². The van der Waals surface area contributed by atoms with Gasteiger partial charge in [-0.25, -0.2) is 4.79 Å². The maximum Gasteiger partial charge on any atom is 0.326 e. The van der Waals surface area contributed by atoms with Crippen LogP contribution >= 0.6 is 0 Å². The minimum absolute atomic E-state index is 0.0601. The number of hydrogen-bond donors (Lipinski definition) is 1. The molecule has 1 rings (SSSR count). The standard InChI is InChI=1S/C21H37NO5/c1-5-6-7-8-9-10-12-15(2)19(27-17(4)23)16(3)20(24)22-14-11-13-18(22)21(25)26/h15-16,18-19H,5-14H2,1-4H3,(H,25,26)/t15-,16+,18+,19+/m1/s1. The van der Waals surface area contributed by atoms with E-state index >= 15 is 0 Å². The summed E-state index contributed by atoms with van der Waals surface area (Å²) >= 11 is 0. The minimum atomic E-state index is -0.961. The van der Waals surface area contributed by atoms with Gasteiger partial charge in [-0.05, 0) is 25.2 Å². The number of unbranched alkanes of at least 4 members (excludes halogenated alkanes) is 5. The van der Waals surface area contributed by atoms with Crippen LogP contribution in [0, 0.1) is 11.8 Å². The molecule has 0 aromatic heterocycles. The summed E-state index contributed by atoms with van der Waals surface area (Å²) < 4.78 is 5.51. The van der Waals surface area contributed by atoms with Crippen LogP contribution in [0.3, 0.4) is 0 Å². The van der Waals surface area contributed by atoms with Crippen LogP contribution in [0.4, 0.5) is 0 Å². The highest BCUT2D eigenvalue weighted by Crippen LogP contribution is 2.27. The molecule has 6 heteroatoms. The Morgan fingerprint density at radius 1 is 1.11 bits per heavy atom. The molecule has 0 unspecified atom stereocenters. The Morgan fingerprint density at radius 3 is 2.33 bits per heavy atom. The van der Waals surface area contributed by atoms with Gasteiger partial charge in [0, 0.05) is 13.5 Å². The average molecular weight is 384 g/mol. The Balaban J connectivity index is 2.66. The van der Waals surface area contributed by atoms with Crippen molar-refractivity contribution in [1.29, 1.82) is 0 Å². The predicted octanol–water partition coefficient (Wildman–Crippen LogP) is 4.02. The smallest absolute Gasteiger partial charge is 0.326 e. The molecule has 0 aromatic carbocycles. The summed E-state index contributed by atoms with van der Waals surface area (Å²) in [7, 11) is 0. The fraction of sp³-hybridized carbons (Fsp3) is 0.857. The minimum Gasteiger partial charge on any atom is -0.480 e. The van der Waals surface area contributed by atoms with E-state index in [4.69, 9.17) is 4.74 Å².